The van der Waals surface area contributed by atoms with Gasteiger partial charge in [-0.1, -0.05) is 11.6 Å². The quantitative estimate of drug-likeness (QED) is 0.797. The monoisotopic (exact) mass is 227 g/mol. The Balaban J connectivity index is 2.55. The lowest BCUT2D eigenvalue weighted by molar-refractivity contribution is 0.187. The van der Waals surface area contributed by atoms with Crippen molar-refractivity contribution in [3.8, 4) is 0 Å². The highest BCUT2D eigenvalue weighted by Gasteiger charge is 2.06. The summed E-state index contributed by atoms with van der Waals surface area (Å²) in [4.78, 5) is 18.1. The third-order valence-corrected chi connectivity index (χ3v) is 2.35. The van der Waals surface area contributed by atoms with Gasteiger partial charge >= 0.3 is 5.69 Å². The number of nitrogens with zero attached hydrogens (tertiary/aromatic N) is 2. The van der Waals surface area contributed by atoms with Crippen molar-refractivity contribution < 1.29 is 4.74 Å². The number of imidazole rings is 1. The van der Waals surface area contributed by atoms with Crippen molar-refractivity contribution in [1.29, 1.82) is 0 Å². The van der Waals surface area contributed by atoms with Crippen LogP contribution < -0.4 is 5.69 Å². The van der Waals surface area contributed by atoms with Crippen LogP contribution in [0.1, 0.15) is 0 Å². The minimum Gasteiger partial charge on any atom is -0.383 e. The molecule has 0 saturated carbocycles. The van der Waals surface area contributed by atoms with Crippen LogP contribution in [0.2, 0.25) is 5.15 Å². The Morgan fingerprint density at radius 2 is 2.47 bits per heavy atom. The van der Waals surface area contributed by atoms with Gasteiger partial charge in [-0.05, 0) is 0 Å². The van der Waals surface area contributed by atoms with E-state index in [1.165, 1.54) is 0 Å². The van der Waals surface area contributed by atoms with Crippen molar-refractivity contribution in [2.24, 2.45) is 0 Å². The number of hydrogen-bond donors (Lipinski definition) is 1. The molecule has 0 saturated heterocycles. The topological polar surface area (TPSA) is 59.9 Å². The van der Waals surface area contributed by atoms with Gasteiger partial charge in [0.25, 0.3) is 0 Å². The number of hydrogen-bond acceptors (Lipinski definition) is 3. The largest absolute Gasteiger partial charge is 0.383 e. The summed E-state index contributed by atoms with van der Waals surface area (Å²) in [5.41, 5.74) is 1.25. The fraction of sp³-hybridized carbons (Fsp3) is 0.333. The van der Waals surface area contributed by atoms with Crippen LogP contribution >= 0.6 is 11.6 Å². The first-order valence-corrected chi connectivity index (χ1v) is 4.83. The van der Waals surface area contributed by atoms with Gasteiger partial charge in [0, 0.05) is 13.2 Å². The molecule has 0 aliphatic carbocycles. The lowest BCUT2D eigenvalue weighted by atomic mass is 10.4. The van der Waals surface area contributed by atoms with Crippen molar-refractivity contribution in [1.82, 2.24) is 14.5 Å². The molecule has 2 aromatic rings. The molecule has 1 N–H and O–H groups in total. The molecule has 2 rings (SSSR count). The van der Waals surface area contributed by atoms with E-state index in [-0.39, 0.29) is 5.69 Å². The third kappa shape index (κ3) is 1.88. The SMILES string of the molecule is COCCn1c(=O)[nH]c2cnc(Cl)cc21. The van der Waals surface area contributed by atoms with E-state index in [0.717, 1.165) is 5.52 Å². The molecule has 0 unspecified atom stereocenters. The Bertz CT molecular complexity index is 532. The van der Waals surface area contributed by atoms with Crippen molar-refractivity contribution in [3.05, 3.63) is 27.9 Å². The summed E-state index contributed by atoms with van der Waals surface area (Å²) in [6, 6.07) is 1.66. The summed E-state index contributed by atoms with van der Waals surface area (Å²) in [6.45, 7) is 0.975. The van der Waals surface area contributed by atoms with Gasteiger partial charge in [-0.3, -0.25) is 4.57 Å². The second-order valence-electron chi connectivity index (χ2n) is 3.10. The molecule has 0 bridgehead atoms. The van der Waals surface area contributed by atoms with Gasteiger partial charge in [0.1, 0.15) is 5.15 Å². The summed E-state index contributed by atoms with van der Waals surface area (Å²) in [5, 5.41) is 0.368. The normalized spacial score (nSPS) is 11.1. The van der Waals surface area contributed by atoms with Crippen LogP contribution in [0, 0.1) is 0 Å². The van der Waals surface area contributed by atoms with E-state index in [1.54, 1.807) is 23.9 Å². The van der Waals surface area contributed by atoms with Crippen LogP contribution in [-0.4, -0.2) is 28.3 Å². The molecule has 2 aromatic heterocycles. The van der Waals surface area contributed by atoms with Gasteiger partial charge in [-0.15, -0.1) is 0 Å². The number of halogens is 1. The van der Waals surface area contributed by atoms with Crippen LogP contribution in [0.25, 0.3) is 11.0 Å². The maximum atomic E-state index is 11.5. The standard InChI is InChI=1S/C9H10ClN3O2/c1-15-3-2-13-7-4-8(10)11-5-6(7)12-9(13)14/h4-5H,2-3H2,1H3,(H,12,14). The van der Waals surface area contributed by atoms with E-state index in [4.69, 9.17) is 16.3 Å². The van der Waals surface area contributed by atoms with Gasteiger partial charge < -0.3 is 9.72 Å². The molecule has 0 aliphatic rings. The second-order valence-corrected chi connectivity index (χ2v) is 3.49. The first-order chi connectivity index (χ1) is 7.22. The molecule has 80 valence electrons. The highest BCUT2D eigenvalue weighted by atomic mass is 35.5. The van der Waals surface area contributed by atoms with E-state index in [9.17, 15) is 4.79 Å². The fourth-order valence-corrected chi connectivity index (χ4v) is 1.59. The molecule has 0 amide bonds. The zero-order valence-corrected chi connectivity index (χ0v) is 8.91. The van der Waals surface area contributed by atoms with Crippen LogP contribution in [0.5, 0.6) is 0 Å². The van der Waals surface area contributed by atoms with Crippen molar-refractivity contribution in [2.75, 3.05) is 13.7 Å². The zero-order chi connectivity index (χ0) is 10.8. The number of fused-ring (bicyclic) bond motifs is 1. The fourth-order valence-electron chi connectivity index (χ4n) is 1.44. The molecular weight excluding hydrogens is 218 g/mol. The average molecular weight is 228 g/mol. The zero-order valence-electron chi connectivity index (χ0n) is 8.16. The summed E-state index contributed by atoms with van der Waals surface area (Å²) in [6.07, 6.45) is 1.54. The summed E-state index contributed by atoms with van der Waals surface area (Å²) < 4.78 is 6.50. The molecule has 0 aromatic carbocycles. The van der Waals surface area contributed by atoms with Crippen LogP contribution in [-0.2, 0) is 11.3 Å². The average Bonchev–Trinajstić information content (AvgIpc) is 2.51. The number of methoxy groups -OCH3 is 1. The number of pyridine rings is 1. The van der Waals surface area contributed by atoms with Gasteiger partial charge in [0.2, 0.25) is 0 Å². The maximum absolute atomic E-state index is 11.5. The Morgan fingerprint density at radius 3 is 3.20 bits per heavy atom. The number of ether oxygens (including phenoxy) is 1. The molecule has 0 spiro atoms. The van der Waals surface area contributed by atoms with E-state index in [2.05, 4.69) is 9.97 Å². The highest BCUT2D eigenvalue weighted by Crippen LogP contribution is 2.13. The third-order valence-electron chi connectivity index (χ3n) is 2.15. The number of nitrogens with one attached hydrogen (secondary N) is 1. The molecule has 0 atom stereocenters. The van der Waals surface area contributed by atoms with Crippen molar-refractivity contribution in [2.45, 2.75) is 6.54 Å². The summed E-state index contributed by atoms with van der Waals surface area (Å²) in [5.74, 6) is 0. The molecular formula is C9H10ClN3O2. The first-order valence-electron chi connectivity index (χ1n) is 4.45. The summed E-state index contributed by atoms with van der Waals surface area (Å²) in [7, 11) is 1.59. The van der Waals surface area contributed by atoms with Gasteiger partial charge in [0.15, 0.2) is 0 Å². The first kappa shape index (κ1) is 10.2. The molecule has 5 nitrogen and oxygen atoms in total. The van der Waals surface area contributed by atoms with Gasteiger partial charge in [-0.25, -0.2) is 9.78 Å². The maximum Gasteiger partial charge on any atom is 0.326 e. The van der Waals surface area contributed by atoms with E-state index in [1.807, 2.05) is 0 Å². The highest BCUT2D eigenvalue weighted by molar-refractivity contribution is 6.29. The summed E-state index contributed by atoms with van der Waals surface area (Å²) >= 11 is 5.76. The van der Waals surface area contributed by atoms with Crippen molar-refractivity contribution in [3.63, 3.8) is 0 Å². The Morgan fingerprint density at radius 1 is 1.67 bits per heavy atom. The lowest BCUT2D eigenvalue weighted by Gasteiger charge is -2.01. The number of rotatable bonds is 3. The minimum absolute atomic E-state index is 0.175. The minimum atomic E-state index is -0.175. The smallest absolute Gasteiger partial charge is 0.326 e. The Hall–Kier alpha value is -1.33. The Kier molecular flexibility index (Phi) is 2.75. The van der Waals surface area contributed by atoms with E-state index >= 15 is 0 Å². The van der Waals surface area contributed by atoms with Gasteiger partial charge in [-0.2, -0.15) is 0 Å². The second kappa shape index (κ2) is 4.04. The molecule has 2 heterocycles. The Labute approximate surface area is 90.6 Å². The van der Waals surface area contributed by atoms with Crippen LogP contribution in [0.3, 0.4) is 0 Å². The number of H-pyrrole nitrogens is 1. The lowest BCUT2D eigenvalue weighted by Crippen LogP contribution is -2.19. The van der Waals surface area contributed by atoms with Crippen LogP contribution in [0.15, 0.2) is 17.1 Å². The molecule has 0 aliphatic heterocycles. The number of aromatic amines is 1. The van der Waals surface area contributed by atoms with Crippen molar-refractivity contribution >= 4 is 22.6 Å². The van der Waals surface area contributed by atoms with Crippen LogP contribution in [0.4, 0.5) is 0 Å². The molecule has 6 heteroatoms. The van der Waals surface area contributed by atoms with E-state index in [0.29, 0.717) is 23.8 Å². The number of aromatic nitrogens is 3. The molecule has 15 heavy (non-hydrogen) atoms. The van der Waals surface area contributed by atoms with E-state index < -0.39 is 0 Å². The molecule has 0 fully saturated rings. The predicted molar refractivity (Wildman–Crippen MR) is 57.2 cm³/mol. The predicted octanol–water partition coefficient (Wildman–Crippen LogP) is 1.02. The molecule has 0 radical (unpaired) electrons. The van der Waals surface area contributed by atoms with Gasteiger partial charge in [0.05, 0.1) is 30.4 Å².